The number of nitrogens with zero attached hydrogens (tertiary/aromatic N) is 2. The van der Waals surface area contributed by atoms with Crippen molar-refractivity contribution >= 4 is 17.4 Å². The van der Waals surface area contributed by atoms with E-state index in [-0.39, 0.29) is 11.7 Å². The molecule has 0 radical (unpaired) electrons. The van der Waals surface area contributed by atoms with Gasteiger partial charge in [0, 0.05) is 13.0 Å². The second kappa shape index (κ2) is 4.57. The van der Waals surface area contributed by atoms with Crippen molar-refractivity contribution in [1.82, 2.24) is 9.78 Å². The first-order valence-electron chi connectivity index (χ1n) is 4.49. The van der Waals surface area contributed by atoms with Crippen LogP contribution in [0.15, 0.2) is 6.20 Å². The Kier molecular flexibility index (Phi) is 3.66. The number of halogens is 1. The molecule has 1 heterocycles. The van der Waals surface area contributed by atoms with Crippen LogP contribution in [-0.4, -0.2) is 22.1 Å². The van der Waals surface area contributed by atoms with Crippen LogP contribution >= 0.6 is 11.6 Å². The molecule has 2 N–H and O–H groups in total. The van der Waals surface area contributed by atoms with E-state index in [4.69, 9.17) is 17.3 Å². The highest BCUT2D eigenvalue weighted by Crippen LogP contribution is 2.19. The summed E-state index contributed by atoms with van der Waals surface area (Å²) in [5.74, 6) is -0.103. The summed E-state index contributed by atoms with van der Waals surface area (Å²) in [6.07, 6.45) is 2.14. The van der Waals surface area contributed by atoms with Crippen LogP contribution in [0.5, 0.6) is 0 Å². The number of hydrogen-bond acceptors (Lipinski definition) is 3. The molecule has 0 amide bonds. The van der Waals surface area contributed by atoms with E-state index in [2.05, 4.69) is 5.10 Å². The van der Waals surface area contributed by atoms with E-state index in [1.165, 1.54) is 10.9 Å². The molecule has 0 fully saturated rings. The number of rotatable bonds is 4. The standard InChI is InChI=1S/C9H14ClN3O/c1-6(3-4-11)9(14)8-7(10)5-12-13(8)2/h5-6H,3-4,11H2,1-2H3. The van der Waals surface area contributed by atoms with Gasteiger partial charge >= 0.3 is 0 Å². The number of ketones is 1. The van der Waals surface area contributed by atoms with Gasteiger partial charge in [0.1, 0.15) is 5.69 Å². The van der Waals surface area contributed by atoms with Gasteiger partial charge in [-0.1, -0.05) is 18.5 Å². The lowest BCUT2D eigenvalue weighted by molar-refractivity contribution is 0.0916. The number of Topliss-reactive ketones (excluding diaryl/α,β-unsaturated/α-hetero) is 1. The lowest BCUT2D eigenvalue weighted by Gasteiger charge is -2.09. The molecule has 0 aliphatic heterocycles. The first-order chi connectivity index (χ1) is 6.57. The Morgan fingerprint density at radius 2 is 2.43 bits per heavy atom. The zero-order valence-electron chi connectivity index (χ0n) is 8.33. The molecule has 0 spiro atoms. The molecule has 0 saturated carbocycles. The van der Waals surface area contributed by atoms with Gasteiger partial charge in [0.25, 0.3) is 0 Å². The Morgan fingerprint density at radius 3 is 2.86 bits per heavy atom. The van der Waals surface area contributed by atoms with E-state index in [1.807, 2.05) is 6.92 Å². The first kappa shape index (κ1) is 11.2. The van der Waals surface area contributed by atoms with Crippen molar-refractivity contribution in [1.29, 1.82) is 0 Å². The van der Waals surface area contributed by atoms with Crippen LogP contribution in [0, 0.1) is 5.92 Å². The molecule has 1 aromatic rings. The fraction of sp³-hybridized carbons (Fsp3) is 0.556. The summed E-state index contributed by atoms with van der Waals surface area (Å²) in [6.45, 7) is 2.35. The Labute approximate surface area is 88.0 Å². The lowest BCUT2D eigenvalue weighted by Crippen LogP contribution is -2.18. The molecule has 1 atom stereocenters. The van der Waals surface area contributed by atoms with E-state index >= 15 is 0 Å². The number of hydrogen-bond donors (Lipinski definition) is 1. The second-order valence-electron chi connectivity index (χ2n) is 3.31. The van der Waals surface area contributed by atoms with Gasteiger partial charge in [0.05, 0.1) is 11.2 Å². The summed E-state index contributed by atoms with van der Waals surface area (Å²) in [7, 11) is 1.70. The van der Waals surface area contributed by atoms with Crippen LogP contribution in [-0.2, 0) is 7.05 Å². The quantitative estimate of drug-likeness (QED) is 0.769. The molecule has 5 heteroatoms. The topological polar surface area (TPSA) is 60.9 Å². The van der Waals surface area contributed by atoms with Crippen LogP contribution in [0.2, 0.25) is 5.02 Å². The Morgan fingerprint density at radius 1 is 1.79 bits per heavy atom. The molecular weight excluding hydrogens is 202 g/mol. The molecule has 78 valence electrons. The summed E-state index contributed by atoms with van der Waals surface area (Å²) >= 11 is 5.85. The Balaban J connectivity index is 2.88. The molecule has 1 rings (SSSR count). The summed E-state index contributed by atoms with van der Waals surface area (Å²) in [6, 6.07) is 0. The SMILES string of the molecule is CC(CCN)C(=O)c1c(Cl)cnn1C. The predicted molar refractivity (Wildman–Crippen MR) is 55.4 cm³/mol. The Hall–Kier alpha value is -0.870. The third kappa shape index (κ3) is 2.13. The van der Waals surface area contributed by atoms with Crippen LogP contribution in [0.1, 0.15) is 23.8 Å². The maximum atomic E-state index is 11.8. The molecular formula is C9H14ClN3O. The van der Waals surface area contributed by atoms with E-state index in [9.17, 15) is 4.79 Å². The van der Waals surface area contributed by atoms with Crippen molar-refractivity contribution in [3.8, 4) is 0 Å². The normalized spacial score (nSPS) is 12.9. The zero-order valence-corrected chi connectivity index (χ0v) is 9.08. The van der Waals surface area contributed by atoms with Gasteiger partial charge in [-0.15, -0.1) is 0 Å². The van der Waals surface area contributed by atoms with Crippen molar-refractivity contribution in [2.45, 2.75) is 13.3 Å². The third-order valence-electron chi connectivity index (χ3n) is 2.17. The van der Waals surface area contributed by atoms with Crippen molar-refractivity contribution in [2.24, 2.45) is 18.7 Å². The highest BCUT2D eigenvalue weighted by Gasteiger charge is 2.20. The summed E-state index contributed by atoms with van der Waals surface area (Å²) in [5.41, 5.74) is 5.85. The minimum absolute atomic E-state index is 0.000417. The molecule has 0 bridgehead atoms. The van der Waals surface area contributed by atoms with Gasteiger partial charge in [-0.25, -0.2) is 0 Å². The number of carbonyl (C=O) groups is 1. The van der Waals surface area contributed by atoms with Crippen LogP contribution in [0.25, 0.3) is 0 Å². The number of nitrogens with two attached hydrogens (primary N) is 1. The first-order valence-corrected chi connectivity index (χ1v) is 4.87. The largest absolute Gasteiger partial charge is 0.330 e. The second-order valence-corrected chi connectivity index (χ2v) is 3.71. The molecule has 0 aromatic carbocycles. The fourth-order valence-electron chi connectivity index (χ4n) is 1.30. The summed E-state index contributed by atoms with van der Waals surface area (Å²) in [4.78, 5) is 11.8. The minimum atomic E-state index is -0.104. The van der Waals surface area contributed by atoms with Gasteiger partial charge in [0.2, 0.25) is 0 Å². The minimum Gasteiger partial charge on any atom is -0.330 e. The van der Waals surface area contributed by atoms with Gasteiger partial charge < -0.3 is 5.73 Å². The zero-order chi connectivity index (χ0) is 10.7. The highest BCUT2D eigenvalue weighted by molar-refractivity contribution is 6.33. The number of aromatic nitrogens is 2. The van der Waals surface area contributed by atoms with Crippen LogP contribution in [0.4, 0.5) is 0 Å². The van der Waals surface area contributed by atoms with Crippen molar-refractivity contribution < 1.29 is 4.79 Å². The maximum absolute atomic E-state index is 11.8. The van der Waals surface area contributed by atoms with Gasteiger partial charge in [-0.05, 0) is 13.0 Å². The molecule has 14 heavy (non-hydrogen) atoms. The van der Waals surface area contributed by atoms with Crippen molar-refractivity contribution in [3.63, 3.8) is 0 Å². The Bertz CT molecular complexity index is 315. The van der Waals surface area contributed by atoms with E-state index in [1.54, 1.807) is 7.05 Å². The molecule has 1 unspecified atom stereocenters. The van der Waals surface area contributed by atoms with E-state index in [0.29, 0.717) is 23.7 Å². The average Bonchev–Trinajstić information content (AvgIpc) is 2.46. The van der Waals surface area contributed by atoms with Crippen LogP contribution in [0.3, 0.4) is 0 Å². The number of carbonyl (C=O) groups excluding carboxylic acids is 1. The summed E-state index contributed by atoms with van der Waals surface area (Å²) in [5, 5.41) is 4.32. The van der Waals surface area contributed by atoms with Gasteiger partial charge in [-0.2, -0.15) is 5.10 Å². The average molecular weight is 216 g/mol. The van der Waals surface area contributed by atoms with Crippen LogP contribution < -0.4 is 5.73 Å². The fourth-order valence-corrected chi connectivity index (χ4v) is 1.56. The molecule has 0 aliphatic rings. The predicted octanol–water partition coefficient (Wildman–Crippen LogP) is 1.24. The van der Waals surface area contributed by atoms with Gasteiger partial charge in [0.15, 0.2) is 5.78 Å². The van der Waals surface area contributed by atoms with Gasteiger partial charge in [-0.3, -0.25) is 9.48 Å². The molecule has 1 aromatic heterocycles. The highest BCUT2D eigenvalue weighted by atomic mass is 35.5. The van der Waals surface area contributed by atoms with E-state index in [0.717, 1.165) is 0 Å². The molecule has 4 nitrogen and oxygen atoms in total. The number of aryl methyl sites for hydroxylation is 1. The lowest BCUT2D eigenvalue weighted by atomic mass is 10.0. The molecule has 0 aliphatic carbocycles. The molecule has 0 saturated heterocycles. The van der Waals surface area contributed by atoms with Crippen molar-refractivity contribution in [2.75, 3.05) is 6.54 Å². The third-order valence-corrected chi connectivity index (χ3v) is 2.45. The van der Waals surface area contributed by atoms with E-state index < -0.39 is 0 Å². The maximum Gasteiger partial charge on any atom is 0.185 e. The van der Waals surface area contributed by atoms with Crippen molar-refractivity contribution in [3.05, 3.63) is 16.9 Å². The monoisotopic (exact) mass is 215 g/mol. The summed E-state index contributed by atoms with van der Waals surface area (Å²) < 4.78 is 1.50. The smallest absolute Gasteiger partial charge is 0.185 e.